The molecule has 1 saturated heterocycles. The number of hydrogen-bond donors (Lipinski definition) is 2. The van der Waals surface area contributed by atoms with Crippen molar-refractivity contribution >= 4 is 28.3 Å². The Labute approximate surface area is 189 Å². The smallest absolute Gasteiger partial charge is 0.274 e. The first kappa shape index (κ1) is 22.1. The van der Waals surface area contributed by atoms with Crippen LogP contribution in [0.3, 0.4) is 0 Å². The molecule has 172 valence electrons. The van der Waals surface area contributed by atoms with Crippen LogP contribution in [0.1, 0.15) is 35.4 Å². The Bertz CT molecular complexity index is 1200. The number of nitro groups is 1. The highest BCUT2D eigenvalue weighted by Gasteiger charge is 2.29. The molecule has 0 bridgehead atoms. The van der Waals surface area contributed by atoms with Crippen molar-refractivity contribution in [2.75, 3.05) is 18.4 Å². The van der Waals surface area contributed by atoms with Gasteiger partial charge in [-0.05, 0) is 56.5 Å². The molecule has 0 spiro atoms. The minimum absolute atomic E-state index is 0.0746. The van der Waals surface area contributed by atoms with E-state index in [1.165, 1.54) is 17.4 Å². The van der Waals surface area contributed by atoms with Gasteiger partial charge in [0.15, 0.2) is 11.6 Å². The predicted molar refractivity (Wildman–Crippen MR) is 120 cm³/mol. The molecule has 10 nitrogen and oxygen atoms in total. The molecular formula is C23H24N4O6. The van der Waals surface area contributed by atoms with Crippen molar-refractivity contribution in [3.63, 3.8) is 0 Å². The number of hydrogen-bond acceptors (Lipinski definition) is 8. The predicted octanol–water partition coefficient (Wildman–Crippen LogP) is 3.68. The maximum atomic E-state index is 13.2. The molecule has 1 amide bonds. The summed E-state index contributed by atoms with van der Waals surface area (Å²) in [6.45, 7) is 2.21. The summed E-state index contributed by atoms with van der Waals surface area (Å²) in [5, 5.41) is 18.1. The summed E-state index contributed by atoms with van der Waals surface area (Å²) in [4.78, 5) is 37.8. The van der Waals surface area contributed by atoms with Crippen LogP contribution in [0, 0.1) is 17.0 Å². The molecule has 1 aromatic carbocycles. The zero-order chi connectivity index (χ0) is 23.4. The van der Waals surface area contributed by atoms with E-state index >= 15 is 0 Å². The number of anilines is 1. The number of benzene rings is 1. The van der Waals surface area contributed by atoms with Crippen LogP contribution >= 0.6 is 0 Å². The number of furan rings is 2. The number of carbonyl (C=O) groups excluding carboxylic acids is 2. The maximum Gasteiger partial charge on any atom is 0.274 e. The standard InChI is InChI=1S/C23H24N4O6/c1-15-10-17-11-18(5-6-21(17)33-15)24-22(13-27(30)31)25-19-4-2-3-8-26(23(19)29)12-20(28)16-7-9-32-14-16/h5-7,9-11,13-14,19,24-25H,2-4,8,12H2,1H3. The third-order valence-corrected chi connectivity index (χ3v) is 5.44. The highest BCUT2D eigenvalue weighted by Crippen LogP contribution is 2.23. The van der Waals surface area contributed by atoms with Gasteiger partial charge < -0.3 is 24.4 Å². The Hall–Kier alpha value is -4.08. The molecule has 0 saturated carbocycles. The van der Waals surface area contributed by atoms with Crippen molar-refractivity contribution in [1.82, 2.24) is 10.2 Å². The molecule has 3 aromatic rings. The monoisotopic (exact) mass is 452 g/mol. The molecule has 1 atom stereocenters. The van der Waals surface area contributed by atoms with Crippen LogP contribution in [0.2, 0.25) is 0 Å². The average Bonchev–Trinajstić information content (AvgIpc) is 3.39. The Morgan fingerprint density at radius 2 is 2.15 bits per heavy atom. The Morgan fingerprint density at radius 1 is 1.30 bits per heavy atom. The lowest BCUT2D eigenvalue weighted by molar-refractivity contribution is -0.403. The van der Waals surface area contributed by atoms with Gasteiger partial charge in [0.05, 0.1) is 23.3 Å². The van der Waals surface area contributed by atoms with Crippen LogP contribution in [0.25, 0.3) is 11.0 Å². The Kier molecular flexibility index (Phi) is 6.43. The Balaban J connectivity index is 1.49. The van der Waals surface area contributed by atoms with Gasteiger partial charge in [0.25, 0.3) is 6.20 Å². The third-order valence-electron chi connectivity index (χ3n) is 5.44. The van der Waals surface area contributed by atoms with Crippen LogP contribution in [0.4, 0.5) is 5.69 Å². The molecule has 10 heteroatoms. The van der Waals surface area contributed by atoms with Gasteiger partial charge in [-0.2, -0.15) is 0 Å². The zero-order valence-corrected chi connectivity index (χ0v) is 18.1. The largest absolute Gasteiger partial charge is 0.472 e. The molecule has 3 heterocycles. The molecule has 1 aliphatic rings. The van der Waals surface area contributed by atoms with E-state index in [1.807, 2.05) is 19.1 Å². The lowest BCUT2D eigenvalue weighted by atomic mass is 10.1. The maximum absolute atomic E-state index is 13.2. The van der Waals surface area contributed by atoms with Crippen LogP contribution in [0.15, 0.2) is 63.7 Å². The van der Waals surface area contributed by atoms with Crippen molar-refractivity contribution in [3.8, 4) is 0 Å². The van der Waals surface area contributed by atoms with Gasteiger partial charge in [0.1, 0.15) is 23.6 Å². The van der Waals surface area contributed by atoms with Crippen LogP contribution in [-0.2, 0) is 4.79 Å². The van der Waals surface area contributed by atoms with Gasteiger partial charge in [-0.15, -0.1) is 0 Å². The summed E-state index contributed by atoms with van der Waals surface area (Å²) in [6, 6.07) is 8.05. The molecule has 1 unspecified atom stereocenters. The summed E-state index contributed by atoms with van der Waals surface area (Å²) in [5.74, 6) is 0.346. The summed E-state index contributed by atoms with van der Waals surface area (Å²) < 4.78 is 10.5. The number of carbonyl (C=O) groups is 2. The van der Waals surface area contributed by atoms with Gasteiger partial charge in [-0.25, -0.2) is 0 Å². The minimum Gasteiger partial charge on any atom is -0.472 e. The normalized spacial score (nSPS) is 17.1. The van der Waals surface area contributed by atoms with E-state index in [4.69, 9.17) is 8.83 Å². The second-order valence-electron chi connectivity index (χ2n) is 7.95. The van der Waals surface area contributed by atoms with Gasteiger partial charge in [0.2, 0.25) is 5.91 Å². The van der Waals surface area contributed by atoms with Gasteiger partial charge in [-0.1, -0.05) is 0 Å². The van der Waals surface area contributed by atoms with E-state index in [0.717, 1.165) is 30.2 Å². The number of fused-ring (bicyclic) bond motifs is 1. The van der Waals surface area contributed by atoms with Gasteiger partial charge >= 0.3 is 0 Å². The van der Waals surface area contributed by atoms with E-state index in [1.54, 1.807) is 18.2 Å². The molecule has 33 heavy (non-hydrogen) atoms. The van der Waals surface area contributed by atoms with Gasteiger partial charge in [0, 0.05) is 17.6 Å². The van der Waals surface area contributed by atoms with Crippen molar-refractivity contribution in [2.24, 2.45) is 0 Å². The highest BCUT2D eigenvalue weighted by molar-refractivity contribution is 5.99. The fourth-order valence-corrected chi connectivity index (χ4v) is 3.89. The lowest BCUT2D eigenvalue weighted by Crippen LogP contribution is -2.47. The van der Waals surface area contributed by atoms with Crippen LogP contribution in [-0.4, -0.2) is 40.6 Å². The number of Topliss-reactive ketones (excluding diaryl/α,β-unsaturated/α-hetero) is 1. The van der Waals surface area contributed by atoms with Crippen molar-refractivity contribution in [2.45, 2.75) is 32.2 Å². The fraction of sp³-hybridized carbons (Fsp3) is 0.304. The number of amides is 1. The molecule has 2 N–H and O–H groups in total. The molecule has 2 aromatic heterocycles. The summed E-state index contributed by atoms with van der Waals surface area (Å²) in [5.41, 5.74) is 1.72. The topological polar surface area (TPSA) is 131 Å². The first-order chi connectivity index (χ1) is 15.9. The molecule has 1 fully saturated rings. The van der Waals surface area contributed by atoms with Crippen LogP contribution in [0.5, 0.6) is 0 Å². The van der Waals surface area contributed by atoms with Gasteiger partial charge in [-0.3, -0.25) is 19.7 Å². The van der Waals surface area contributed by atoms with E-state index in [0.29, 0.717) is 29.8 Å². The highest BCUT2D eigenvalue weighted by atomic mass is 16.6. The van der Waals surface area contributed by atoms with E-state index in [-0.39, 0.29) is 24.1 Å². The molecule has 1 aliphatic heterocycles. The second-order valence-corrected chi connectivity index (χ2v) is 7.95. The first-order valence-corrected chi connectivity index (χ1v) is 10.6. The minimum atomic E-state index is -0.705. The Morgan fingerprint density at radius 3 is 2.91 bits per heavy atom. The lowest BCUT2D eigenvalue weighted by Gasteiger charge is -2.25. The number of rotatable bonds is 8. The number of likely N-dealkylation sites (tertiary alicyclic amines) is 1. The summed E-state index contributed by atoms with van der Waals surface area (Å²) in [6.07, 6.45) is 5.52. The molecule has 0 aliphatic carbocycles. The number of nitrogens with one attached hydrogen (secondary N) is 2. The zero-order valence-electron chi connectivity index (χ0n) is 18.1. The van der Waals surface area contributed by atoms with Crippen molar-refractivity contribution in [1.29, 1.82) is 0 Å². The van der Waals surface area contributed by atoms with Crippen LogP contribution < -0.4 is 10.6 Å². The first-order valence-electron chi connectivity index (χ1n) is 10.6. The van der Waals surface area contributed by atoms with E-state index in [9.17, 15) is 19.7 Å². The number of aryl methyl sites for hydroxylation is 1. The number of ketones is 1. The molecule has 4 rings (SSSR count). The number of nitrogens with zero attached hydrogens (tertiary/aromatic N) is 2. The third kappa shape index (κ3) is 5.40. The van der Waals surface area contributed by atoms with Crippen molar-refractivity contribution < 1.29 is 23.3 Å². The average molecular weight is 452 g/mol. The molecular weight excluding hydrogens is 428 g/mol. The molecule has 0 radical (unpaired) electrons. The van der Waals surface area contributed by atoms with E-state index in [2.05, 4.69) is 10.6 Å². The summed E-state index contributed by atoms with van der Waals surface area (Å²) >= 11 is 0. The SMILES string of the molecule is Cc1cc2cc(NC(=C[N+](=O)[O-])NC3CCCCN(CC(=O)c4ccoc4)C3=O)ccc2o1. The van der Waals surface area contributed by atoms with E-state index < -0.39 is 11.0 Å². The summed E-state index contributed by atoms with van der Waals surface area (Å²) in [7, 11) is 0. The van der Waals surface area contributed by atoms with Crippen molar-refractivity contribution in [3.05, 3.63) is 76.3 Å². The second kappa shape index (κ2) is 9.60. The quantitative estimate of drug-likeness (QED) is 0.301. The fourth-order valence-electron chi connectivity index (χ4n) is 3.89.